The summed E-state index contributed by atoms with van der Waals surface area (Å²) in [5.41, 5.74) is 2.37. The molecule has 0 spiro atoms. The highest BCUT2D eigenvalue weighted by Gasteiger charge is 2.10. The first kappa shape index (κ1) is 11.2. The van der Waals surface area contributed by atoms with Crippen molar-refractivity contribution in [3.05, 3.63) is 59.0 Å². The number of rotatable bonds is 4. The van der Waals surface area contributed by atoms with Crippen molar-refractivity contribution in [3.63, 3.8) is 0 Å². The molecule has 0 saturated carbocycles. The maximum atomic E-state index is 5.98. The number of benzene rings is 1. The van der Waals surface area contributed by atoms with E-state index in [1.807, 2.05) is 31.3 Å². The largest absolute Gasteiger partial charge is 0.472 e. The van der Waals surface area contributed by atoms with E-state index in [1.54, 1.807) is 12.5 Å². The van der Waals surface area contributed by atoms with Gasteiger partial charge in [0.1, 0.15) is 0 Å². The molecule has 3 heteroatoms. The lowest BCUT2D eigenvalue weighted by molar-refractivity contribution is 0.551. The molecule has 2 nitrogen and oxygen atoms in total. The van der Waals surface area contributed by atoms with Crippen LogP contribution in [0, 0.1) is 0 Å². The van der Waals surface area contributed by atoms with Gasteiger partial charge in [-0.1, -0.05) is 23.7 Å². The number of likely N-dealkylation sites (N-methyl/N-ethyl adjacent to an activating group) is 1. The zero-order valence-electron chi connectivity index (χ0n) is 9.11. The van der Waals surface area contributed by atoms with Gasteiger partial charge in [-0.15, -0.1) is 0 Å². The first-order valence-electron chi connectivity index (χ1n) is 5.23. The molecule has 1 unspecified atom stereocenters. The average Bonchev–Trinajstić information content (AvgIpc) is 2.78. The van der Waals surface area contributed by atoms with E-state index in [0.29, 0.717) is 0 Å². The predicted octanol–water partition coefficient (Wildman–Crippen LogP) is 3.44. The van der Waals surface area contributed by atoms with Crippen LogP contribution in [0.3, 0.4) is 0 Å². The number of halogens is 1. The van der Waals surface area contributed by atoms with Gasteiger partial charge in [0.2, 0.25) is 0 Å². The normalized spacial score (nSPS) is 12.6. The Morgan fingerprint density at radius 2 is 2.25 bits per heavy atom. The first-order valence-corrected chi connectivity index (χ1v) is 5.61. The van der Waals surface area contributed by atoms with Crippen LogP contribution in [0.2, 0.25) is 5.02 Å². The minimum absolute atomic E-state index is 0.260. The fourth-order valence-electron chi connectivity index (χ4n) is 1.75. The van der Waals surface area contributed by atoms with Crippen LogP contribution in [-0.4, -0.2) is 7.05 Å². The van der Waals surface area contributed by atoms with Crippen LogP contribution in [0.1, 0.15) is 17.2 Å². The van der Waals surface area contributed by atoms with E-state index in [-0.39, 0.29) is 6.04 Å². The summed E-state index contributed by atoms with van der Waals surface area (Å²) in [5, 5.41) is 4.05. The van der Waals surface area contributed by atoms with Gasteiger partial charge >= 0.3 is 0 Å². The minimum Gasteiger partial charge on any atom is -0.472 e. The molecule has 1 aromatic carbocycles. The molecule has 1 atom stereocenters. The van der Waals surface area contributed by atoms with Gasteiger partial charge in [0.25, 0.3) is 0 Å². The quantitative estimate of drug-likeness (QED) is 0.878. The van der Waals surface area contributed by atoms with E-state index in [2.05, 4.69) is 11.4 Å². The van der Waals surface area contributed by atoms with Crippen molar-refractivity contribution in [2.75, 3.05) is 7.05 Å². The van der Waals surface area contributed by atoms with E-state index in [1.165, 1.54) is 11.1 Å². The molecule has 2 aromatic rings. The molecule has 84 valence electrons. The molecule has 0 aliphatic rings. The van der Waals surface area contributed by atoms with Crippen LogP contribution in [0.4, 0.5) is 0 Å². The maximum Gasteiger partial charge on any atom is 0.0935 e. The van der Waals surface area contributed by atoms with Crippen LogP contribution in [0.25, 0.3) is 0 Å². The summed E-state index contributed by atoms with van der Waals surface area (Å²) in [6, 6.07) is 10.2. The molecular formula is C13H14ClNO. The van der Waals surface area contributed by atoms with Gasteiger partial charge in [-0.05, 0) is 42.8 Å². The van der Waals surface area contributed by atoms with E-state index < -0.39 is 0 Å². The Bertz CT molecular complexity index is 439. The van der Waals surface area contributed by atoms with Gasteiger partial charge in [-0.3, -0.25) is 0 Å². The number of furan rings is 1. The highest BCUT2D eigenvalue weighted by Crippen LogP contribution is 2.21. The van der Waals surface area contributed by atoms with E-state index in [0.717, 1.165) is 11.4 Å². The molecule has 1 N–H and O–H groups in total. The second-order valence-corrected chi connectivity index (χ2v) is 4.17. The van der Waals surface area contributed by atoms with E-state index in [4.69, 9.17) is 16.0 Å². The molecule has 16 heavy (non-hydrogen) atoms. The second-order valence-electron chi connectivity index (χ2n) is 3.73. The Kier molecular flexibility index (Phi) is 3.65. The van der Waals surface area contributed by atoms with Crippen LogP contribution in [-0.2, 0) is 6.42 Å². The summed E-state index contributed by atoms with van der Waals surface area (Å²) in [7, 11) is 1.95. The lowest BCUT2D eigenvalue weighted by atomic mass is 10.0. The van der Waals surface area contributed by atoms with Gasteiger partial charge in [0.05, 0.1) is 12.5 Å². The van der Waals surface area contributed by atoms with Gasteiger partial charge in [0.15, 0.2) is 0 Å². The third-order valence-electron chi connectivity index (χ3n) is 2.62. The molecule has 0 saturated heterocycles. The van der Waals surface area contributed by atoms with Crippen molar-refractivity contribution >= 4 is 11.6 Å². The zero-order chi connectivity index (χ0) is 11.4. The fourth-order valence-corrected chi connectivity index (χ4v) is 1.95. The Morgan fingerprint density at radius 3 is 2.88 bits per heavy atom. The molecule has 2 rings (SSSR count). The number of hydrogen-bond donors (Lipinski definition) is 1. The van der Waals surface area contributed by atoms with Crippen molar-refractivity contribution in [3.8, 4) is 0 Å². The molecule has 1 aromatic heterocycles. The van der Waals surface area contributed by atoms with Crippen LogP contribution < -0.4 is 5.32 Å². The Morgan fingerprint density at radius 1 is 1.38 bits per heavy atom. The summed E-state index contributed by atoms with van der Waals surface area (Å²) < 4.78 is 5.07. The van der Waals surface area contributed by atoms with Gasteiger partial charge in [0, 0.05) is 11.1 Å². The Hall–Kier alpha value is -1.25. The van der Waals surface area contributed by atoms with Crippen LogP contribution in [0.5, 0.6) is 0 Å². The highest BCUT2D eigenvalue weighted by atomic mass is 35.5. The first-order chi connectivity index (χ1) is 7.79. The lowest BCUT2D eigenvalue weighted by Crippen LogP contribution is -2.18. The van der Waals surface area contributed by atoms with Crippen molar-refractivity contribution in [2.45, 2.75) is 12.5 Å². The topological polar surface area (TPSA) is 25.2 Å². The molecule has 0 aliphatic carbocycles. The Labute approximate surface area is 100 Å². The van der Waals surface area contributed by atoms with Gasteiger partial charge < -0.3 is 9.73 Å². The average molecular weight is 236 g/mol. The van der Waals surface area contributed by atoms with Crippen molar-refractivity contribution in [1.82, 2.24) is 5.32 Å². The summed E-state index contributed by atoms with van der Waals surface area (Å²) >= 11 is 5.98. The third-order valence-corrected chi connectivity index (χ3v) is 2.85. The van der Waals surface area contributed by atoms with Crippen molar-refractivity contribution < 1.29 is 4.42 Å². The summed E-state index contributed by atoms with van der Waals surface area (Å²) in [5.74, 6) is 0. The lowest BCUT2D eigenvalue weighted by Gasteiger charge is -2.15. The smallest absolute Gasteiger partial charge is 0.0935 e. The highest BCUT2D eigenvalue weighted by molar-refractivity contribution is 6.30. The summed E-state index contributed by atoms with van der Waals surface area (Å²) in [6.45, 7) is 0. The van der Waals surface area contributed by atoms with Gasteiger partial charge in [-0.2, -0.15) is 0 Å². The second kappa shape index (κ2) is 5.19. The summed E-state index contributed by atoms with van der Waals surface area (Å²) in [6.07, 6.45) is 4.36. The monoisotopic (exact) mass is 235 g/mol. The molecule has 0 radical (unpaired) electrons. The summed E-state index contributed by atoms with van der Waals surface area (Å²) in [4.78, 5) is 0. The van der Waals surface area contributed by atoms with Crippen LogP contribution in [0.15, 0.2) is 47.3 Å². The van der Waals surface area contributed by atoms with Crippen LogP contribution >= 0.6 is 11.6 Å². The molecule has 0 bridgehead atoms. The molecule has 0 fully saturated rings. The van der Waals surface area contributed by atoms with Gasteiger partial charge in [-0.25, -0.2) is 0 Å². The van der Waals surface area contributed by atoms with E-state index in [9.17, 15) is 0 Å². The third kappa shape index (κ3) is 2.65. The van der Waals surface area contributed by atoms with Crippen molar-refractivity contribution in [1.29, 1.82) is 0 Å². The molecule has 1 heterocycles. The Balaban J connectivity index is 2.16. The number of nitrogens with one attached hydrogen (secondary N) is 1. The van der Waals surface area contributed by atoms with Crippen molar-refractivity contribution in [2.24, 2.45) is 0 Å². The fraction of sp³-hybridized carbons (Fsp3) is 0.231. The van der Waals surface area contributed by atoms with E-state index >= 15 is 0 Å². The molecular weight excluding hydrogens is 222 g/mol. The number of hydrogen-bond acceptors (Lipinski definition) is 2. The zero-order valence-corrected chi connectivity index (χ0v) is 9.87. The molecule has 0 aliphatic heterocycles. The minimum atomic E-state index is 0.260. The maximum absolute atomic E-state index is 5.98. The SMILES string of the molecule is CNC(Cc1ccoc1)c1cccc(Cl)c1. The molecule has 0 amide bonds. The predicted molar refractivity (Wildman–Crippen MR) is 65.7 cm³/mol. The standard InChI is InChI=1S/C13H14ClNO/c1-15-13(7-10-5-6-16-9-10)11-3-2-4-12(14)8-11/h2-6,8-9,13,15H,7H2,1H3.